The minimum absolute atomic E-state index is 0.0682. The van der Waals surface area contributed by atoms with Gasteiger partial charge in [-0.2, -0.15) is 0 Å². The molecular formula is C66H54P2. The van der Waals surface area contributed by atoms with Crippen LogP contribution in [0.15, 0.2) is 194 Å². The van der Waals surface area contributed by atoms with Crippen LogP contribution < -0.4 is 0 Å². The number of hydrogen-bond donors (Lipinski definition) is 0. The summed E-state index contributed by atoms with van der Waals surface area (Å²) in [5.74, 6) is 0. The minimum Gasteiger partial charge on any atom is -0.118 e. The molecule has 0 fully saturated rings. The van der Waals surface area contributed by atoms with E-state index in [1.165, 1.54) is 142 Å². The van der Waals surface area contributed by atoms with Crippen LogP contribution in [0.4, 0.5) is 0 Å². The van der Waals surface area contributed by atoms with Gasteiger partial charge in [-0.25, -0.2) is 0 Å². The van der Waals surface area contributed by atoms with Crippen molar-refractivity contribution in [2.75, 3.05) is 0 Å². The van der Waals surface area contributed by atoms with E-state index in [1.807, 2.05) is 0 Å². The van der Waals surface area contributed by atoms with Crippen LogP contribution in [0.1, 0.15) is 52.7 Å². The highest BCUT2D eigenvalue weighted by molar-refractivity contribution is 7.92. The first-order chi connectivity index (χ1) is 33.4. The SMILES string of the molecule is CC(C)(C)c1cc2ccc3ccc(-c4ccc5c(-c6ccccc6)c(-c6ccccc6)c6ccc(-c7ccc8ccc9cc(C(C)(C)C)cc%10ccc7c8c9%10)cc6c5c4)c4ccc(c1)c2c34.[3H]PP. The van der Waals surface area contributed by atoms with Gasteiger partial charge in [-0.1, -0.05) is 224 Å². The molecule has 0 aliphatic carbocycles. The fourth-order valence-corrected chi connectivity index (χ4v) is 11.4. The zero-order chi connectivity index (χ0) is 47.3. The Labute approximate surface area is 405 Å². The van der Waals surface area contributed by atoms with Crippen LogP contribution >= 0.6 is 17.8 Å². The maximum Gasteiger partial charge on any atom is 0.0589 e. The molecule has 13 aromatic carbocycles. The van der Waals surface area contributed by atoms with Crippen LogP contribution in [0.2, 0.25) is 0 Å². The molecular weight excluding hydrogens is 855 g/mol. The summed E-state index contributed by atoms with van der Waals surface area (Å²) in [5.41, 5.74) is 12.8. The molecule has 0 saturated heterocycles. The minimum atomic E-state index is 0.0682. The van der Waals surface area contributed by atoms with Crippen LogP contribution in [0.25, 0.3) is 131 Å². The highest BCUT2D eigenvalue weighted by Crippen LogP contribution is 2.49. The fourth-order valence-electron chi connectivity index (χ4n) is 11.4. The summed E-state index contributed by atoms with van der Waals surface area (Å²) in [6.07, 6.45) is 0. The maximum atomic E-state index is 6.20. The van der Waals surface area contributed by atoms with Crippen molar-refractivity contribution in [1.82, 2.24) is 0 Å². The predicted molar refractivity (Wildman–Crippen MR) is 307 cm³/mol. The third-order valence-corrected chi connectivity index (χ3v) is 14.8. The van der Waals surface area contributed by atoms with E-state index in [4.69, 9.17) is 1.28 Å². The molecule has 0 N–H and O–H groups in total. The second-order valence-electron chi connectivity index (χ2n) is 20.9. The molecule has 2 atom stereocenters. The molecule has 2 heteroatoms. The molecule has 0 spiro atoms. The van der Waals surface area contributed by atoms with Gasteiger partial charge in [0.25, 0.3) is 0 Å². The molecule has 0 aliphatic rings. The van der Waals surface area contributed by atoms with Crippen molar-refractivity contribution in [3.8, 4) is 44.5 Å². The lowest BCUT2D eigenvalue weighted by Crippen LogP contribution is -2.10. The van der Waals surface area contributed by atoms with Crippen LogP contribution in [0.5, 0.6) is 0 Å². The standard InChI is InChI=1S/C66H50.H4P2/c1-65(2,3)49-33-45-19-17-41-21-27-51(53-31-25-47(35-49)59(45)61(41)53)43-23-29-55-57(37-43)58-38-44(24-30-56(58)64(40-15-11-8-12-16-40)63(55)39-13-9-7-10-14-39)52-28-22-42-18-20-46-34-50(66(4,5)6)36-48-26-32-54(52)62(42)60(46)48;1-2/h7-38H,1-6H3;1-2H2/i;1T. The topological polar surface area (TPSA) is 0 Å². The van der Waals surface area contributed by atoms with Gasteiger partial charge in [-0.15, -0.1) is 17.8 Å². The van der Waals surface area contributed by atoms with Gasteiger partial charge in [0.1, 0.15) is 0 Å². The predicted octanol–water partition coefficient (Wildman–Crippen LogP) is 19.7. The molecule has 2 unspecified atom stereocenters. The second kappa shape index (κ2) is 16.0. The molecule has 68 heavy (non-hydrogen) atoms. The molecule has 0 bridgehead atoms. The lowest BCUT2D eigenvalue weighted by molar-refractivity contribution is 0.591. The van der Waals surface area contributed by atoms with Gasteiger partial charge in [0, 0.05) is 0 Å². The lowest BCUT2D eigenvalue weighted by Gasteiger charge is -2.22. The first-order valence-corrected chi connectivity index (χ1v) is 26.2. The van der Waals surface area contributed by atoms with Crippen molar-refractivity contribution in [1.29, 1.82) is 1.28 Å². The Morgan fingerprint density at radius 1 is 0.309 bits per heavy atom. The van der Waals surface area contributed by atoms with E-state index in [0.717, 1.165) is 0 Å². The van der Waals surface area contributed by atoms with Crippen LogP contribution in [-0.4, -0.2) is 1.28 Å². The number of hydrogen-bond acceptors (Lipinski definition) is 0. The maximum absolute atomic E-state index is 6.20. The van der Waals surface area contributed by atoms with E-state index >= 15 is 0 Å². The van der Waals surface area contributed by atoms with Crippen LogP contribution in [-0.2, 0) is 10.8 Å². The first-order valence-electron chi connectivity index (χ1n) is 24.4. The van der Waals surface area contributed by atoms with Crippen molar-refractivity contribution >= 4 is 104 Å². The highest BCUT2D eigenvalue weighted by atomic mass is 32.0. The van der Waals surface area contributed by atoms with Gasteiger partial charge in [0.05, 0.1) is 1.28 Å². The Bertz CT molecular complexity index is 3810. The van der Waals surface area contributed by atoms with Crippen LogP contribution in [0, 0.1) is 0 Å². The van der Waals surface area contributed by atoms with Crippen molar-refractivity contribution < 1.29 is 0 Å². The van der Waals surface area contributed by atoms with E-state index in [0.29, 0.717) is 0 Å². The summed E-state index contributed by atoms with van der Waals surface area (Å²) in [6.45, 7) is 13.9. The number of benzene rings is 13. The van der Waals surface area contributed by atoms with Gasteiger partial charge in [0.15, 0.2) is 0 Å². The Morgan fingerprint density at radius 3 is 1.00 bits per heavy atom. The van der Waals surface area contributed by atoms with Crippen molar-refractivity contribution in [3.63, 3.8) is 0 Å². The lowest BCUT2D eigenvalue weighted by atomic mass is 9.81. The van der Waals surface area contributed by atoms with E-state index < -0.39 is 0 Å². The Balaban J connectivity index is 0.00000160. The average molecular weight is 911 g/mol. The van der Waals surface area contributed by atoms with Gasteiger partial charge in [-0.3, -0.25) is 0 Å². The van der Waals surface area contributed by atoms with E-state index in [-0.39, 0.29) is 19.7 Å². The van der Waals surface area contributed by atoms with Crippen molar-refractivity contribution in [2.24, 2.45) is 0 Å². The molecule has 0 nitrogen and oxygen atoms in total. The first kappa shape index (κ1) is 41.5. The summed E-state index contributed by atoms with van der Waals surface area (Å²) in [5, 5.41) is 20.9. The molecule has 13 rings (SSSR count). The number of rotatable bonds is 4. The zero-order valence-electron chi connectivity index (χ0n) is 40.6. The molecule has 0 saturated carbocycles. The molecule has 0 radical (unpaired) electrons. The van der Waals surface area contributed by atoms with Crippen molar-refractivity contribution in [2.45, 2.75) is 52.4 Å². The Kier molecular flexibility index (Phi) is 9.74. The van der Waals surface area contributed by atoms with E-state index in [2.05, 4.69) is 245 Å². The zero-order valence-corrected chi connectivity index (χ0v) is 41.7. The molecule has 0 aliphatic heterocycles. The van der Waals surface area contributed by atoms with E-state index in [9.17, 15) is 0 Å². The molecule has 328 valence electrons. The Morgan fingerprint density at radius 2 is 0.632 bits per heavy atom. The number of fused-ring (bicyclic) bond motifs is 3. The summed E-state index contributed by atoms with van der Waals surface area (Å²) < 4.78 is 6.20. The van der Waals surface area contributed by atoms with Gasteiger partial charge < -0.3 is 0 Å². The largest absolute Gasteiger partial charge is 0.118 e. The summed E-state index contributed by atoms with van der Waals surface area (Å²) in [7, 11) is 2.52. The van der Waals surface area contributed by atoms with Gasteiger partial charge in [0.2, 0.25) is 0 Å². The smallest absolute Gasteiger partial charge is 0.0589 e. The second-order valence-corrected chi connectivity index (χ2v) is 20.9. The van der Waals surface area contributed by atoms with Gasteiger partial charge >= 0.3 is 0 Å². The molecule has 0 heterocycles. The summed E-state index contributed by atoms with van der Waals surface area (Å²) in [4.78, 5) is 0. The molecule has 0 amide bonds. The normalized spacial score (nSPS) is 12.8. The summed E-state index contributed by atoms with van der Waals surface area (Å²) in [6, 6.07) is 74.3. The fraction of sp³-hybridized carbons (Fsp3) is 0.121. The molecule has 0 aromatic heterocycles. The molecule has 13 aromatic rings. The van der Waals surface area contributed by atoms with Gasteiger partial charge in [-0.05, 0) is 165 Å². The van der Waals surface area contributed by atoms with E-state index in [1.54, 1.807) is 0 Å². The Hall–Kier alpha value is -6.68. The summed E-state index contributed by atoms with van der Waals surface area (Å²) >= 11 is 0. The highest BCUT2D eigenvalue weighted by Gasteiger charge is 2.23. The monoisotopic (exact) mass is 910 g/mol. The average Bonchev–Trinajstić information content (AvgIpc) is 3.36. The van der Waals surface area contributed by atoms with Crippen LogP contribution in [0.3, 0.4) is 0 Å². The third kappa shape index (κ3) is 6.72. The quantitative estimate of drug-likeness (QED) is 0.122. The van der Waals surface area contributed by atoms with Crippen molar-refractivity contribution in [3.05, 3.63) is 205 Å². The third-order valence-electron chi connectivity index (χ3n) is 14.8.